The molecule has 0 bridgehead atoms. The number of aryl methyl sites for hydroxylation is 2. The van der Waals surface area contributed by atoms with Crippen molar-refractivity contribution in [3.63, 3.8) is 0 Å². The van der Waals surface area contributed by atoms with Crippen LogP contribution in [0.25, 0.3) is 5.52 Å². The first-order valence-corrected chi connectivity index (χ1v) is 6.68. The molecule has 0 amide bonds. The summed E-state index contributed by atoms with van der Waals surface area (Å²) in [4.78, 5) is 4.28. The maximum absolute atomic E-state index is 5.90. The number of aromatic nitrogens is 3. The van der Waals surface area contributed by atoms with Crippen LogP contribution in [-0.2, 0) is 0 Å². The van der Waals surface area contributed by atoms with E-state index >= 15 is 0 Å². The van der Waals surface area contributed by atoms with Gasteiger partial charge in [0.2, 0.25) is 5.88 Å². The smallest absolute Gasteiger partial charge is 0.245 e. The molecular formula is C14H12BrN3O. The van der Waals surface area contributed by atoms with E-state index in [0.717, 1.165) is 27.0 Å². The molecule has 4 nitrogen and oxygen atoms in total. The zero-order chi connectivity index (χ0) is 13.4. The molecule has 0 aliphatic rings. The van der Waals surface area contributed by atoms with Gasteiger partial charge in [-0.1, -0.05) is 15.9 Å². The van der Waals surface area contributed by atoms with E-state index in [1.807, 2.05) is 44.3 Å². The molecule has 19 heavy (non-hydrogen) atoms. The lowest BCUT2D eigenvalue weighted by Gasteiger charge is -2.08. The monoisotopic (exact) mass is 317 g/mol. The predicted molar refractivity (Wildman–Crippen MR) is 76.7 cm³/mol. The number of fused-ring (bicyclic) bond motifs is 1. The molecule has 2 heterocycles. The lowest BCUT2D eigenvalue weighted by atomic mass is 10.2. The van der Waals surface area contributed by atoms with Crippen molar-refractivity contribution in [3.05, 3.63) is 52.4 Å². The van der Waals surface area contributed by atoms with Gasteiger partial charge in [0, 0.05) is 16.9 Å². The molecule has 0 fully saturated rings. The van der Waals surface area contributed by atoms with Crippen molar-refractivity contribution in [1.29, 1.82) is 0 Å². The van der Waals surface area contributed by atoms with Crippen LogP contribution in [0.1, 0.15) is 11.3 Å². The molecule has 0 saturated heterocycles. The highest BCUT2D eigenvalue weighted by molar-refractivity contribution is 9.10. The molecule has 3 rings (SSSR count). The molecule has 0 aliphatic heterocycles. The predicted octanol–water partition coefficient (Wildman–Crippen LogP) is 3.90. The molecule has 0 spiro atoms. The van der Waals surface area contributed by atoms with Gasteiger partial charge < -0.3 is 4.74 Å². The summed E-state index contributed by atoms with van der Waals surface area (Å²) in [6, 6.07) is 7.84. The van der Waals surface area contributed by atoms with Crippen LogP contribution in [0.5, 0.6) is 11.6 Å². The molecule has 3 aromatic rings. The molecule has 0 aliphatic carbocycles. The Morgan fingerprint density at radius 1 is 1.21 bits per heavy atom. The third-order valence-electron chi connectivity index (χ3n) is 2.82. The zero-order valence-corrected chi connectivity index (χ0v) is 12.2. The summed E-state index contributed by atoms with van der Waals surface area (Å²) in [6.45, 7) is 3.95. The first-order chi connectivity index (χ1) is 9.13. The van der Waals surface area contributed by atoms with E-state index in [9.17, 15) is 0 Å². The Bertz CT molecular complexity index is 752. The zero-order valence-electron chi connectivity index (χ0n) is 10.6. The SMILES string of the molecule is Cc1cc2c(Oc3ccc(Br)cc3C)nccn2n1. The lowest BCUT2D eigenvalue weighted by Crippen LogP contribution is -1.95. The van der Waals surface area contributed by atoms with E-state index in [-0.39, 0.29) is 0 Å². The minimum Gasteiger partial charge on any atom is -0.437 e. The summed E-state index contributed by atoms with van der Waals surface area (Å²) in [5, 5.41) is 4.34. The molecule has 2 aromatic heterocycles. The van der Waals surface area contributed by atoms with E-state index in [1.54, 1.807) is 10.7 Å². The van der Waals surface area contributed by atoms with Crippen molar-refractivity contribution in [1.82, 2.24) is 14.6 Å². The van der Waals surface area contributed by atoms with Crippen LogP contribution in [-0.4, -0.2) is 14.6 Å². The summed E-state index contributed by atoms with van der Waals surface area (Å²) < 4.78 is 8.70. The minimum absolute atomic E-state index is 0.563. The Kier molecular flexibility index (Phi) is 2.98. The maximum atomic E-state index is 5.90. The fourth-order valence-electron chi connectivity index (χ4n) is 1.93. The number of nitrogens with zero attached hydrogens (tertiary/aromatic N) is 3. The summed E-state index contributed by atoms with van der Waals surface area (Å²) in [6.07, 6.45) is 3.49. The van der Waals surface area contributed by atoms with Crippen LogP contribution in [0.15, 0.2) is 41.1 Å². The van der Waals surface area contributed by atoms with E-state index in [0.29, 0.717) is 5.88 Å². The van der Waals surface area contributed by atoms with Gasteiger partial charge in [0.25, 0.3) is 0 Å². The summed E-state index contributed by atoms with van der Waals surface area (Å²) >= 11 is 3.44. The van der Waals surface area contributed by atoms with Crippen LogP contribution >= 0.6 is 15.9 Å². The van der Waals surface area contributed by atoms with Gasteiger partial charge in [-0.25, -0.2) is 9.50 Å². The first-order valence-electron chi connectivity index (χ1n) is 5.88. The number of ether oxygens (including phenoxy) is 1. The van der Waals surface area contributed by atoms with Crippen molar-refractivity contribution < 1.29 is 4.74 Å². The highest BCUT2D eigenvalue weighted by Crippen LogP contribution is 2.28. The molecule has 0 unspecified atom stereocenters. The second-order valence-electron chi connectivity index (χ2n) is 4.36. The summed E-state index contributed by atoms with van der Waals surface area (Å²) in [7, 11) is 0. The largest absolute Gasteiger partial charge is 0.437 e. The number of hydrogen-bond acceptors (Lipinski definition) is 3. The van der Waals surface area contributed by atoms with Gasteiger partial charge in [-0.3, -0.25) is 0 Å². The van der Waals surface area contributed by atoms with Gasteiger partial charge in [0.1, 0.15) is 11.3 Å². The van der Waals surface area contributed by atoms with Crippen molar-refractivity contribution in [2.24, 2.45) is 0 Å². The Labute approximate surface area is 119 Å². The molecule has 0 saturated carbocycles. The van der Waals surface area contributed by atoms with E-state index in [4.69, 9.17) is 4.74 Å². The van der Waals surface area contributed by atoms with Crippen molar-refractivity contribution >= 4 is 21.4 Å². The van der Waals surface area contributed by atoms with Gasteiger partial charge in [-0.2, -0.15) is 5.10 Å². The quantitative estimate of drug-likeness (QED) is 0.719. The van der Waals surface area contributed by atoms with Crippen LogP contribution in [0.2, 0.25) is 0 Å². The van der Waals surface area contributed by atoms with Gasteiger partial charge in [0.05, 0.1) is 5.69 Å². The van der Waals surface area contributed by atoms with Crippen molar-refractivity contribution in [2.75, 3.05) is 0 Å². The standard InChI is InChI=1S/C14H12BrN3O/c1-9-7-11(15)3-4-13(9)19-14-12-8-10(2)17-18(12)6-5-16-14/h3-8H,1-2H3. The van der Waals surface area contributed by atoms with Crippen LogP contribution in [0.4, 0.5) is 0 Å². The van der Waals surface area contributed by atoms with Crippen molar-refractivity contribution in [2.45, 2.75) is 13.8 Å². The van der Waals surface area contributed by atoms with Gasteiger partial charge >= 0.3 is 0 Å². The van der Waals surface area contributed by atoms with Crippen molar-refractivity contribution in [3.8, 4) is 11.6 Å². The highest BCUT2D eigenvalue weighted by Gasteiger charge is 2.09. The number of rotatable bonds is 2. The molecule has 96 valence electrons. The Morgan fingerprint density at radius 3 is 2.84 bits per heavy atom. The fraction of sp³-hybridized carbons (Fsp3) is 0.143. The van der Waals surface area contributed by atoms with E-state index in [1.165, 1.54) is 0 Å². The number of halogens is 1. The Morgan fingerprint density at radius 2 is 2.05 bits per heavy atom. The normalized spacial score (nSPS) is 10.9. The van der Waals surface area contributed by atoms with Gasteiger partial charge in [-0.05, 0) is 43.7 Å². The molecule has 0 N–H and O–H groups in total. The molecule has 5 heteroatoms. The first kappa shape index (κ1) is 12.2. The average Bonchev–Trinajstić information content (AvgIpc) is 2.74. The molecule has 0 radical (unpaired) electrons. The Balaban J connectivity index is 2.05. The van der Waals surface area contributed by atoms with Gasteiger partial charge in [-0.15, -0.1) is 0 Å². The summed E-state index contributed by atoms with van der Waals surface area (Å²) in [5.41, 5.74) is 2.85. The fourth-order valence-corrected chi connectivity index (χ4v) is 2.41. The third-order valence-corrected chi connectivity index (χ3v) is 3.31. The number of benzene rings is 1. The van der Waals surface area contributed by atoms with Crippen LogP contribution in [0.3, 0.4) is 0 Å². The highest BCUT2D eigenvalue weighted by atomic mass is 79.9. The van der Waals surface area contributed by atoms with Gasteiger partial charge in [0.15, 0.2) is 0 Å². The van der Waals surface area contributed by atoms with E-state index < -0.39 is 0 Å². The number of hydrogen-bond donors (Lipinski definition) is 0. The maximum Gasteiger partial charge on any atom is 0.245 e. The van der Waals surface area contributed by atoms with Crippen LogP contribution < -0.4 is 4.74 Å². The second kappa shape index (κ2) is 4.66. The Hall–Kier alpha value is -1.88. The third kappa shape index (κ3) is 2.33. The van der Waals surface area contributed by atoms with Crippen LogP contribution in [0, 0.1) is 13.8 Å². The topological polar surface area (TPSA) is 39.4 Å². The molecular weight excluding hydrogens is 306 g/mol. The average molecular weight is 318 g/mol. The summed E-state index contributed by atoms with van der Waals surface area (Å²) in [5.74, 6) is 1.36. The lowest BCUT2D eigenvalue weighted by molar-refractivity contribution is 0.462. The van der Waals surface area contributed by atoms with E-state index in [2.05, 4.69) is 26.0 Å². The molecule has 1 aromatic carbocycles. The minimum atomic E-state index is 0.563. The second-order valence-corrected chi connectivity index (χ2v) is 5.28. The molecule has 0 atom stereocenters.